The topological polar surface area (TPSA) is 90.1 Å². The molecule has 4 atom stereocenters. The fourth-order valence-corrected chi connectivity index (χ4v) is 5.06. The largest absolute Gasteiger partial charge is 0.392 e. The summed E-state index contributed by atoms with van der Waals surface area (Å²) in [6.07, 6.45) is 1.35. The van der Waals surface area contributed by atoms with E-state index in [1.807, 2.05) is 26.0 Å². The predicted octanol–water partition coefficient (Wildman–Crippen LogP) is 1.52. The lowest BCUT2D eigenvalue weighted by Crippen LogP contribution is -2.55. The molecule has 0 bridgehead atoms. The van der Waals surface area contributed by atoms with E-state index in [9.17, 15) is 15.5 Å². The molecule has 2 fully saturated rings. The van der Waals surface area contributed by atoms with Crippen molar-refractivity contribution in [3.8, 4) is 6.07 Å². The summed E-state index contributed by atoms with van der Waals surface area (Å²) in [6.45, 7) is 14.5. The van der Waals surface area contributed by atoms with E-state index in [4.69, 9.17) is 4.98 Å². The number of β-amino-alcohol motifs (C(OH)–C–C–N with tert-alkyl or cyclic N) is 2. The molecule has 32 heavy (non-hydrogen) atoms. The van der Waals surface area contributed by atoms with Crippen LogP contribution in [0.1, 0.15) is 46.1 Å². The zero-order valence-electron chi connectivity index (χ0n) is 20.1. The van der Waals surface area contributed by atoms with Gasteiger partial charge in [-0.15, -0.1) is 0 Å². The van der Waals surface area contributed by atoms with Crippen molar-refractivity contribution in [2.75, 3.05) is 62.2 Å². The maximum atomic E-state index is 9.84. The minimum absolute atomic E-state index is 0.325. The number of piperazine rings is 2. The van der Waals surface area contributed by atoms with Crippen LogP contribution in [-0.4, -0.2) is 102 Å². The number of rotatable bonds is 8. The van der Waals surface area contributed by atoms with Crippen molar-refractivity contribution in [2.45, 2.75) is 64.8 Å². The maximum Gasteiger partial charge on any atom is 0.149 e. The molecule has 2 aliphatic heterocycles. The second kappa shape index (κ2) is 11.3. The number of hydrogen-bond donors (Lipinski definition) is 2. The summed E-state index contributed by atoms with van der Waals surface area (Å²) in [4.78, 5) is 14.3. The number of aliphatic hydroxyl groups is 2. The van der Waals surface area contributed by atoms with Crippen molar-refractivity contribution in [1.82, 2.24) is 14.8 Å². The number of pyridine rings is 1. The van der Waals surface area contributed by atoms with E-state index in [1.165, 1.54) is 0 Å². The summed E-state index contributed by atoms with van der Waals surface area (Å²) >= 11 is 0. The third-order valence-corrected chi connectivity index (χ3v) is 6.75. The van der Waals surface area contributed by atoms with Gasteiger partial charge in [-0.1, -0.05) is 13.8 Å². The second-order valence-corrected chi connectivity index (χ2v) is 9.36. The average molecular weight is 445 g/mol. The van der Waals surface area contributed by atoms with Crippen LogP contribution >= 0.6 is 0 Å². The van der Waals surface area contributed by atoms with Crippen LogP contribution < -0.4 is 9.80 Å². The fourth-order valence-electron chi connectivity index (χ4n) is 5.06. The zero-order valence-corrected chi connectivity index (χ0v) is 20.1. The number of anilines is 2. The molecule has 0 spiro atoms. The molecule has 178 valence electrons. The van der Waals surface area contributed by atoms with Crippen molar-refractivity contribution in [3.05, 3.63) is 17.7 Å². The van der Waals surface area contributed by atoms with Crippen molar-refractivity contribution in [2.24, 2.45) is 0 Å². The monoisotopic (exact) mass is 444 g/mol. The van der Waals surface area contributed by atoms with Crippen LogP contribution in [0.25, 0.3) is 0 Å². The Morgan fingerprint density at radius 1 is 0.938 bits per heavy atom. The molecule has 8 heteroatoms. The molecule has 0 aliphatic carbocycles. The molecule has 3 heterocycles. The van der Waals surface area contributed by atoms with Crippen LogP contribution in [0.3, 0.4) is 0 Å². The molecule has 0 amide bonds. The van der Waals surface area contributed by atoms with Crippen LogP contribution in [0.2, 0.25) is 0 Å². The number of nitriles is 1. The minimum atomic E-state index is -0.342. The first kappa shape index (κ1) is 24.7. The minimum Gasteiger partial charge on any atom is -0.392 e. The molecule has 1 aromatic heterocycles. The molecule has 2 aliphatic rings. The van der Waals surface area contributed by atoms with Crippen LogP contribution in [0.15, 0.2) is 12.1 Å². The van der Waals surface area contributed by atoms with Gasteiger partial charge >= 0.3 is 0 Å². The third kappa shape index (κ3) is 5.90. The van der Waals surface area contributed by atoms with E-state index in [1.54, 1.807) is 0 Å². The summed E-state index contributed by atoms with van der Waals surface area (Å²) < 4.78 is 0. The van der Waals surface area contributed by atoms with Crippen LogP contribution in [0.5, 0.6) is 0 Å². The maximum absolute atomic E-state index is 9.84. The zero-order chi connectivity index (χ0) is 23.3. The van der Waals surface area contributed by atoms with Crippen molar-refractivity contribution in [3.63, 3.8) is 0 Å². The van der Waals surface area contributed by atoms with Crippen LogP contribution in [0, 0.1) is 11.3 Å². The molecule has 0 aromatic carbocycles. The van der Waals surface area contributed by atoms with E-state index in [2.05, 4.69) is 39.5 Å². The van der Waals surface area contributed by atoms with Gasteiger partial charge in [0.2, 0.25) is 0 Å². The fraction of sp³-hybridized carbons (Fsp3) is 0.750. The first-order valence-electron chi connectivity index (χ1n) is 12.1. The van der Waals surface area contributed by atoms with Crippen LogP contribution in [-0.2, 0) is 0 Å². The summed E-state index contributed by atoms with van der Waals surface area (Å²) in [5, 5.41) is 29.4. The number of hydrogen-bond acceptors (Lipinski definition) is 8. The molecular formula is C24H40N6O2. The van der Waals surface area contributed by atoms with Gasteiger partial charge in [0.1, 0.15) is 17.7 Å². The van der Waals surface area contributed by atoms with E-state index in [-0.39, 0.29) is 12.2 Å². The summed E-state index contributed by atoms with van der Waals surface area (Å²) in [7, 11) is 0. The highest BCUT2D eigenvalue weighted by Gasteiger charge is 2.30. The van der Waals surface area contributed by atoms with E-state index in [0.29, 0.717) is 30.7 Å². The van der Waals surface area contributed by atoms with Crippen LogP contribution in [0.4, 0.5) is 11.6 Å². The Balaban J connectivity index is 1.77. The van der Waals surface area contributed by atoms with Gasteiger partial charge in [0.05, 0.1) is 17.8 Å². The first-order chi connectivity index (χ1) is 15.4. The highest BCUT2D eigenvalue weighted by atomic mass is 16.3. The summed E-state index contributed by atoms with van der Waals surface area (Å²) in [5.41, 5.74) is 0.618. The number of aliphatic hydroxyl groups excluding tert-OH is 2. The smallest absolute Gasteiger partial charge is 0.149 e. The Bertz CT molecular complexity index is 780. The average Bonchev–Trinajstić information content (AvgIpc) is 2.78. The van der Waals surface area contributed by atoms with Gasteiger partial charge in [-0.3, -0.25) is 9.80 Å². The quantitative estimate of drug-likeness (QED) is 0.624. The summed E-state index contributed by atoms with van der Waals surface area (Å²) in [6, 6.07) is 6.93. The second-order valence-electron chi connectivity index (χ2n) is 9.36. The third-order valence-electron chi connectivity index (χ3n) is 6.75. The van der Waals surface area contributed by atoms with Gasteiger partial charge in [-0.2, -0.15) is 5.26 Å². The van der Waals surface area contributed by atoms with E-state index >= 15 is 0 Å². The van der Waals surface area contributed by atoms with Gasteiger partial charge in [0.25, 0.3) is 0 Å². The van der Waals surface area contributed by atoms with E-state index in [0.717, 1.165) is 63.7 Å². The van der Waals surface area contributed by atoms with Gasteiger partial charge in [-0.05, 0) is 38.8 Å². The molecular weight excluding hydrogens is 404 g/mol. The highest BCUT2D eigenvalue weighted by Crippen LogP contribution is 2.27. The SMILES string of the molecule is CC[C@@H]1CN(c2ccc(C#N)c(N3CCN(C[C@H](C)O)[C@H](CC)C3)n2)CCN1C[C@H](C)O. The lowest BCUT2D eigenvalue weighted by atomic mass is 10.1. The Morgan fingerprint density at radius 3 is 1.97 bits per heavy atom. The van der Waals surface area contributed by atoms with Gasteiger partial charge in [0, 0.05) is 64.4 Å². The highest BCUT2D eigenvalue weighted by molar-refractivity contribution is 5.59. The van der Waals surface area contributed by atoms with Crippen molar-refractivity contribution < 1.29 is 10.2 Å². The lowest BCUT2D eigenvalue weighted by Gasteiger charge is -2.43. The Kier molecular flexibility index (Phi) is 8.72. The standard InChI is InChI=1S/C24H40N6O2/c1-5-21-16-29(11-9-27(21)14-18(3)31)23-8-7-20(13-25)24(26-23)30-12-10-28(15-19(4)32)22(6-2)17-30/h7-8,18-19,21-22,31-32H,5-6,9-12,14-17H2,1-4H3/t18-,19-,21+,22+/m0/s1. The predicted molar refractivity (Wildman–Crippen MR) is 128 cm³/mol. The Morgan fingerprint density at radius 2 is 1.47 bits per heavy atom. The molecule has 2 N–H and O–H groups in total. The normalized spacial score (nSPS) is 24.9. The number of nitrogens with zero attached hydrogens (tertiary/aromatic N) is 6. The van der Waals surface area contributed by atoms with Crippen molar-refractivity contribution >= 4 is 11.6 Å². The Labute approximate surface area is 193 Å². The first-order valence-corrected chi connectivity index (χ1v) is 12.1. The molecule has 2 saturated heterocycles. The molecule has 3 rings (SSSR count). The van der Waals surface area contributed by atoms with Gasteiger partial charge in [-0.25, -0.2) is 4.98 Å². The Hall–Kier alpha value is -1.92. The van der Waals surface area contributed by atoms with Gasteiger partial charge in [0.15, 0.2) is 0 Å². The molecule has 8 nitrogen and oxygen atoms in total. The molecule has 0 saturated carbocycles. The van der Waals surface area contributed by atoms with E-state index < -0.39 is 0 Å². The number of aromatic nitrogens is 1. The molecule has 1 aromatic rings. The molecule has 0 radical (unpaired) electrons. The van der Waals surface area contributed by atoms with Gasteiger partial charge < -0.3 is 20.0 Å². The summed E-state index contributed by atoms with van der Waals surface area (Å²) in [5.74, 6) is 1.70. The lowest BCUT2D eigenvalue weighted by molar-refractivity contribution is 0.0882. The van der Waals surface area contributed by atoms with Crippen molar-refractivity contribution in [1.29, 1.82) is 5.26 Å². The molecule has 0 unspecified atom stereocenters.